The molecular weight excluding hydrogens is 352 g/mol. The van der Waals surface area contributed by atoms with E-state index in [9.17, 15) is 4.79 Å². The molecule has 1 amide bonds. The fraction of sp³-hybridized carbons (Fsp3) is 0.368. The van der Waals surface area contributed by atoms with Crippen molar-refractivity contribution >= 4 is 23.3 Å². The zero-order valence-electron chi connectivity index (χ0n) is 14.3. The lowest BCUT2D eigenvalue weighted by Gasteiger charge is -2.35. The van der Waals surface area contributed by atoms with Crippen molar-refractivity contribution < 1.29 is 9.53 Å². The number of rotatable bonds is 4. The topological polar surface area (TPSA) is 80.5 Å². The number of pyridine rings is 1. The van der Waals surface area contributed by atoms with E-state index in [1.165, 1.54) is 6.20 Å². The summed E-state index contributed by atoms with van der Waals surface area (Å²) in [5, 5.41) is 4.19. The molecule has 3 N–H and O–H groups in total. The van der Waals surface area contributed by atoms with Gasteiger partial charge in [0.1, 0.15) is 5.82 Å². The summed E-state index contributed by atoms with van der Waals surface area (Å²) in [6.45, 7) is 2.54. The van der Waals surface area contributed by atoms with Crippen LogP contribution < -0.4 is 11.1 Å². The summed E-state index contributed by atoms with van der Waals surface area (Å²) in [5.41, 5.74) is 6.82. The number of primary amides is 1. The number of nitrogens with zero attached hydrogens (tertiary/aromatic N) is 2. The Morgan fingerprint density at radius 2 is 2.04 bits per heavy atom. The van der Waals surface area contributed by atoms with E-state index in [1.807, 2.05) is 24.3 Å². The Morgan fingerprint density at radius 3 is 2.73 bits per heavy atom. The summed E-state index contributed by atoms with van der Waals surface area (Å²) < 4.78 is 6.08. The Bertz CT molecular complexity index is 781. The normalized spacial score (nSPS) is 25.7. The summed E-state index contributed by atoms with van der Waals surface area (Å²) in [6, 6.07) is 12.1. The molecule has 4 rings (SSSR count). The number of fused-ring (bicyclic) bond motifs is 1. The van der Waals surface area contributed by atoms with Gasteiger partial charge in [0, 0.05) is 36.4 Å². The van der Waals surface area contributed by atoms with Crippen LogP contribution in [0.4, 0.5) is 5.82 Å². The number of halogens is 1. The summed E-state index contributed by atoms with van der Waals surface area (Å²) in [5.74, 6) is 0.294. The Hall–Kier alpha value is -2.15. The maximum absolute atomic E-state index is 11.1. The minimum Gasteiger partial charge on any atom is -0.371 e. The Balaban J connectivity index is 1.37. The molecular formula is C19H21ClN4O2. The van der Waals surface area contributed by atoms with Gasteiger partial charge in [0.05, 0.1) is 18.3 Å². The lowest BCUT2D eigenvalue weighted by atomic mass is 10.1. The molecule has 2 aliphatic heterocycles. The highest BCUT2D eigenvalue weighted by atomic mass is 35.5. The van der Waals surface area contributed by atoms with E-state index in [4.69, 9.17) is 22.1 Å². The van der Waals surface area contributed by atoms with Crippen LogP contribution in [0.2, 0.25) is 5.02 Å². The van der Waals surface area contributed by atoms with E-state index >= 15 is 0 Å². The van der Waals surface area contributed by atoms with Crippen LogP contribution in [-0.2, 0) is 4.74 Å². The van der Waals surface area contributed by atoms with Crippen LogP contribution in [0.5, 0.6) is 0 Å². The second kappa shape index (κ2) is 7.23. The van der Waals surface area contributed by atoms with E-state index in [-0.39, 0.29) is 6.10 Å². The quantitative estimate of drug-likeness (QED) is 0.861. The third kappa shape index (κ3) is 3.67. The molecule has 2 aliphatic rings. The number of nitrogens with one attached hydrogen (secondary N) is 1. The van der Waals surface area contributed by atoms with Crippen molar-refractivity contribution in [1.82, 2.24) is 9.88 Å². The highest BCUT2D eigenvalue weighted by molar-refractivity contribution is 6.30. The van der Waals surface area contributed by atoms with Gasteiger partial charge >= 0.3 is 0 Å². The average Bonchev–Trinajstić information content (AvgIpc) is 3.04. The minimum atomic E-state index is -0.465. The van der Waals surface area contributed by atoms with E-state index < -0.39 is 5.91 Å². The van der Waals surface area contributed by atoms with E-state index in [0.29, 0.717) is 17.6 Å². The monoisotopic (exact) mass is 372 g/mol. The molecule has 2 saturated heterocycles. The van der Waals surface area contributed by atoms with Gasteiger partial charge < -0.3 is 15.8 Å². The van der Waals surface area contributed by atoms with Crippen LogP contribution in [0, 0.1) is 0 Å². The predicted molar refractivity (Wildman–Crippen MR) is 100 cm³/mol. The summed E-state index contributed by atoms with van der Waals surface area (Å²) >= 11 is 5.97. The van der Waals surface area contributed by atoms with Gasteiger partial charge in [-0.25, -0.2) is 4.98 Å². The number of carbonyl (C=O) groups is 1. The molecule has 2 aromatic rings. The molecule has 1 aromatic carbocycles. The van der Waals surface area contributed by atoms with Crippen molar-refractivity contribution in [3.8, 4) is 0 Å². The van der Waals surface area contributed by atoms with Crippen molar-refractivity contribution in [2.45, 2.75) is 24.6 Å². The predicted octanol–water partition coefficient (Wildman–Crippen LogP) is 2.46. The van der Waals surface area contributed by atoms with Crippen LogP contribution in [0.15, 0.2) is 42.6 Å². The largest absolute Gasteiger partial charge is 0.371 e. The van der Waals surface area contributed by atoms with Gasteiger partial charge in [-0.05, 0) is 36.2 Å². The number of amides is 1. The fourth-order valence-electron chi connectivity index (χ4n) is 3.69. The van der Waals surface area contributed by atoms with Gasteiger partial charge in [0.25, 0.3) is 0 Å². The molecule has 0 spiro atoms. The molecule has 7 heteroatoms. The first-order chi connectivity index (χ1) is 12.6. The van der Waals surface area contributed by atoms with E-state index in [0.717, 1.165) is 42.5 Å². The zero-order valence-corrected chi connectivity index (χ0v) is 15.0. The second-order valence-electron chi connectivity index (χ2n) is 6.85. The number of carbonyl (C=O) groups excluding carboxylic acids is 1. The molecule has 0 radical (unpaired) electrons. The SMILES string of the molecule is NC(=O)c1ccc(N[C@H]2C[C@H]3CO[C@@H](c4ccc(Cl)cc4)CN3C2)nc1. The zero-order chi connectivity index (χ0) is 18.1. The number of hydrogen-bond donors (Lipinski definition) is 2. The molecule has 0 aliphatic carbocycles. The van der Waals surface area contributed by atoms with Gasteiger partial charge in [0.15, 0.2) is 0 Å². The molecule has 3 atom stereocenters. The Labute approximate surface area is 157 Å². The first kappa shape index (κ1) is 17.3. The lowest BCUT2D eigenvalue weighted by Crippen LogP contribution is -2.42. The molecule has 1 aromatic heterocycles. The summed E-state index contributed by atoms with van der Waals surface area (Å²) in [7, 11) is 0. The second-order valence-corrected chi connectivity index (χ2v) is 7.29. The van der Waals surface area contributed by atoms with Gasteiger partial charge in [-0.2, -0.15) is 0 Å². The summed E-state index contributed by atoms with van der Waals surface area (Å²) in [4.78, 5) is 17.9. The third-order valence-electron chi connectivity index (χ3n) is 5.06. The Kier molecular flexibility index (Phi) is 4.80. The van der Waals surface area contributed by atoms with Crippen molar-refractivity contribution in [2.24, 2.45) is 5.73 Å². The standard InChI is InChI=1S/C19H21ClN4O2/c20-14-4-1-12(2-5-14)17-10-24-9-15(7-16(24)11-26-17)23-18-6-3-13(8-22-18)19(21)25/h1-6,8,15-17H,7,9-11H2,(H2,21,25)(H,22,23)/t15-,16-,17+/m0/s1. The van der Waals surface area contributed by atoms with Crippen molar-refractivity contribution in [3.05, 3.63) is 58.7 Å². The highest BCUT2D eigenvalue weighted by Gasteiger charge is 2.37. The molecule has 6 nitrogen and oxygen atoms in total. The number of morpholine rings is 1. The number of nitrogens with two attached hydrogens (primary N) is 1. The first-order valence-electron chi connectivity index (χ1n) is 8.72. The van der Waals surface area contributed by atoms with Gasteiger partial charge in [-0.1, -0.05) is 23.7 Å². The molecule has 136 valence electrons. The van der Waals surface area contributed by atoms with Crippen LogP contribution >= 0.6 is 11.6 Å². The van der Waals surface area contributed by atoms with Crippen molar-refractivity contribution in [3.63, 3.8) is 0 Å². The maximum atomic E-state index is 11.1. The summed E-state index contributed by atoms with van der Waals surface area (Å²) in [6.07, 6.45) is 2.59. The molecule has 2 fully saturated rings. The molecule has 0 bridgehead atoms. The van der Waals surface area contributed by atoms with Gasteiger partial charge in [0.2, 0.25) is 5.91 Å². The van der Waals surface area contributed by atoms with Crippen LogP contribution in [0.3, 0.4) is 0 Å². The molecule has 0 unspecified atom stereocenters. The van der Waals surface area contributed by atoms with Gasteiger partial charge in [-0.15, -0.1) is 0 Å². The van der Waals surface area contributed by atoms with Crippen molar-refractivity contribution in [2.75, 3.05) is 25.0 Å². The maximum Gasteiger partial charge on any atom is 0.250 e. The number of hydrogen-bond acceptors (Lipinski definition) is 5. The van der Waals surface area contributed by atoms with Crippen LogP contribution in [0.25, 0.3) is 0 Å². The number of ether oxygens (including phenoxy) is 1. The average molecular weight is 373 g/mol. The number of aromatic nitrogens is 1. The molecule has 0 saturated carbocycles. The highest BCUT2D eigenvalue weighted by Crippen LogP contribution is 2.31. The lowest BCUT2D eigenvalue weighted by molar-refractivity contribution is -0.0501. The van der Waals surface area contributed by atoms with Crippen LogP contribution in [-0.4, -0.2) is 47.6 Å². The fourth-order valence-corrected chi connectivity index (χ4v) is 3.82. The van der Waals surface area contributed by atoms with E-state index in [1.54, 1.807) is 12.1 Å². The molecule has 3 heterocycles. The number of anilines is 1. The van der Waals surface area contributed by atoms with Crippen LogP contribution in [0.1, 0.15) is 28.4 Å². The minimum absolute atomic E-state index is 0.0789. The molecule has 26 heavy (non-hydrogen) atoms. The smallest absolute Gasteiger partial charge is 0.250 e. The van der Waals surface area contributed by atoms with E-state index in [2.05, 4.69) is 15.2 Å². The van der Waals surface area contributed by atoms with Gasteiger partial charge in [-0.3, -0.25) is 9.69 Å². The third-order valence-corrected chi connectivity index (χ3v) is 5.31. The number of benzene rings is 1. The first-order valence-corrected chi connectivity index (χ1v) is 9.10. The Morgan fingerprint density at radius 1 is 1.23 bits per heavy atom. The van der Waals surface area contributed by atoms with Crippen molar-refractivity contribution in [1.29, 1.82) is 0 Å².